The molecular formula is C17H28ClN5. The number of likely N-dealkylation sites (tertiary alicyclic amines) is 1. The first-order valence-corrected chi connectivity index (χ1v) is 8.89. The van der Waals surface area contributed by atoms with Crippen LogP contribution >= 0.6 is 11.6 Å². The Bertz CT molecular complexity index is 488. The van der Waals surface area contributed by atoms with Crippen LogP contribution in [-0.4, -0.2) is 55.1 Å². The highest BCUT2D eigenvalue weighted by molar-refractivity contribution is 6.29. The quantitative estimate of drug-likeness (QED) is 0.475. The van der Waals surface area contributed by atoms with E-state index in [-0.39, 0.29) is 0 Å². The number of aliphatic imine (C=N–C) groups is 1. The average molecular weight is 338 g/mol. The minimum absolute atomic E-state index is 0.534. The molecule has 23 heavy (non-hydrogen) atoms. The largest absolute Gasteiger partial charge is 0.356 e. The smallest absolute Gasteiger partial charge is 0.191 e. The Kier molecular flexibility index (Phi) is 7.62. The molecule has 1 unspecified atom stereocenters. The van der Waals surface area contributed by atoms with Crippen molar-refractivity contribution in [2.24, 2.45) is 4.99 Å². The summed E-state index contributed by atoms with van der Waals surface area (Å²) < 4.78 is 0. The Morgan fingerprint density at radius 2 is 2.26 bits per heavy atom. The van der Waals surface area contributed by atoms with Crippen molar-refractivity contribution in [1.29, 1.82) is 0 Å². The van der Waals surface area contributed by atoms with E-state index in [4.69, 9.17) is 11.6 Å². The van der Waals surface area contributed by atoms with E-state index in [9.17, 15) is 0 Å². The Morgan fingerprint density at radius 1 is 1.39 bits per heavy atom. The second-order valence-corrected chi connectivity index (χ2v) is 6.28. The topological polar surface area (TPSA) is 52.5 Å². The molecule has 128 valence electrons. The zero-order chi connectivity index (χ0) is 16.5. The number of piperidine rings is 1. The first-order valence-electron chi connectivity index (χ1n) is 8.52. The molecule has 1 aromatic heterocycles. The van der Waals surface area contributed by atoms with Crippen molar-refractivity contribution >= 4 is 17.6 Å². The van der Waals surface area contributed by atoms with Crippen molar-refractivity contribution in [3.8, 4) is 0 Å². The lowest BCUT2D eigenvalue weighted by molar-refractivity contribution is 0.157. The number of rotatable bonds is 6. The maximum atomic E-state index is 5.80. The van der Waals surface area contributed by atoms with Crippen molar-refractivity contribution in [2.45, 2.75) is 38.6 Å². The van der Waals surface area contributed by atoms with E-state index < -0.39 is 0 Å². The maximum Gasteiger partial charge on any atom is 0.191 e. The monoisotopic (exact) mass is 337 g/mol. The van der Waals surface area contributed by atoms with Gasteiger partial charge in [0.15, 0.2) is 5.96 Å². The van der Waals surface area contributed by atoms with Crippen molar-refractivity contribution in [3.05, 3.63) is 29.0 Å². The highest BCUT2D eigenvalue weighted by atomic mass is 35.5. The summed E-state index contributed by atoms with van der Waals surface area (Å²) in [5.41, 5.74) is 1.17. The molecule has 0 amide bonds. The molecule has 2 heterocycles. The molecular weight excluding hydrogens is 310 g/mol. The minimum atomic E-state index is 0.534. The molecule has 1 aliphatic heterocycles. The SMILES string of the molecule is CCN1CCCCC1CNC(=NC)NCCc1ccc(Cl)nc1. The van der Waals surface area contributed by atoms with Crippen molar-refractivity contribution in [3.63, 3.8) is 0 Å². The highest BCUT2D eigenvalue weighted by Crippen LogP contribution is 2.15. The van der Waals surface area contributed by atoms with Crippen LogP contribution in [-0.2, 0) is 6.42 Å². The molecule has 2 N–H and O–H groups in total. The van der Waals surface area contributed by atoms with Crippen LogP contribution in [0, 0.1) is 0 Å². The lowest BCUT2D eigenvalue weighted by Crippen LogP contribution is -2.49. The summed E-state index contributed by atoms with van der Waals surface area (Å²) in [6.07, 6.45) is 6.65. The molecule has 0 bridgehead atoms. The number of nitrogens with zero attached hydrogens (tertiary/aromatic N) is 3. The van der Waals surface area contributed by atoms with Crippen LogP contribution in [0.25, 0.3) is 0 Å². The van der Waals surface area contributed by atoms with E-state index >= 15 is 0 Å². The fourth-order valence-electron chi connectivity index (χ4n) is 3.02. The first kappa shape index (κ1) is 18.0. The van der Waals surface area contributed by atoms with Crippen LogP contribution in [0.3, 0.4) is 0 Å². The van der Waals surface area contributed by atoms with Crippen LogP contribution in [0.4, 0.5) is 0 Å². The molecule has 1 fully saturated rings. The van der Waals surface area contributed by atoms with Gasteiger partial charge in [-0.05, 0) is 44.0 Å². The van der Waals surface area contributed by atoms with Crippen LogP contribution in [0.5, 0.6) is 0 Å². The number of aromatic nitrogens is 1. The molecule has 1 aliphatic rings. The van der Waals surface area contributed by atoms with E-state index in [2.05, 4.69) is 32.4 Å². The molecule has 0 saturated carbocycles. The van der Waals surface area contributed by atoms with Gasteiger partial charge in [0.05, 0.1) is 0 Å². The van der Waals surface area contributed by atoms with Crippen LogP contribution in [0.2, 0.25) is 5.15 Å². The molecule has 0 spiro atoms. The minimum Gasteiger partial charge on any atom is -0.356 e. The average Bonchev–Trinajstić information content (AvgIpc) is 2.59. The number of guanidine groups is 1. The zero-order valence-corrected chi connectivity index (χ0v) is 14.9. The highest BCUT2D eigenvalue weighted by Gasteiger charge is 2.20. The van der Waals surface area contributed by atoms with E-state index in [0.717, 1.165) is 32.0 Å². The van der Waals surface area contributed by atoms with Gasteiger partial charge in [-0.2, -0.15) is 0 Å². The Balaban J connectivity index is 1.71. The molecule has 0 aliphatic carbocycles. The number of nitrogens with one attached hydrogen (secondary N) is 2. The summed E-state index contributed by atoms with van der Waals surface area (Å²) >= 11 is 5.80. The number of hydrogen-bond donors (Lipinski definition) is 2. The Labute approximate surface area is 144 Å². The fourth-order valence-corrected chi connectivity index (χ4v) is 3.13. The molecule has 1 saturated heterocycles. The standard InChI is InChI=1S/C17H28ClN5/c1-3-23-11-5-4-6-15(23)13-22-17(19-2)20-10-9-14-7-8-16(18)21-12-14/h7-8,12,15H,3-6,9-11,13H2,1-2H3,(H2,19,20,22). The third-order valence-electron chi connectivity index (χ3n) is 4.38. The third-order valence-corrected chi connectivity index (χ3v) is 4.60. The molecule has 6 heteroatoms. The predicted octanol–water partition coefficient (Wildman–Crippen LogP) is 2.32. The zero-order valence-electron chi connectivity index (χ0n) is 14.2. The van der Waals surface area contributed by atoms with Gasteiger partial charge in [-0.25, -0.2) is 4.98 Å². The summed E-state index contributed by atoms with van der Waals surface area (Å²) in [5.74, 6) is 0.869. The van der Waals surface area contributed by atoms with Gasteiger partial charge in [-0.1, -0.05) is 31.0 Å². The van der Waals surface area contributed by atoms with Gasteiger partial charge in [-0.15, -0.1) is 0 Å². The fraction of sp³-hybridized carbons (Fsp3) is 0.647. The molecule has 1 atom stereocenters. The van der Waals surface area contributed by atoms with Crippen molar-refractivity contribution < 1.29 is 0 Å². The van der Waals surface area contributed by atoms with E-state index in [1.807, 2.05) is 25.4 Å². The van der Waals surface area contributed by atoms with Gasteiger partial charge in [0.1, 0.15) is 5.15 Å². The van der Waals surface area contributed by atoms with Crippen molar-refractivity contribution in [1.82, 2.24) is 20.5 Å². The Morgan fingerprint density at radius 3 is 2.96 bits per heavy atom. The Hall–Kier alpha value is -1.33. The number of likely N-dealkylation sites (N-methyl/N-ethyl adjacent to an activating group) is 1. The summed E-state index contributed by atoms with van der Waals surface area (Å²) in [4.78, 5) is 11.0. The number of hydrogen-bond acceptors (Lipinski definition) is 3. The summed E-state index contributed by atoms with van der Waals surface area (Å²) in [6, 6.07) is 4.45. The predicted molar refractivity (Wildman–Crippen MR) is 97.2 cm³/mol. The van der Waals surface area contributed by atoms with Gasteiger partial charge >= 0.3 is 0 Å². The molecule has 2 rings (SSSR count). The molecule has 5 nitrogen and oxygen atoms in total. The normalized spacial score (nSPS) is 19.6. The third kappa shape index (κ3) is 5.99. The number of halogens is 1. The van der Waals surface area contributed by atoms with Gasteiger partial charge in [0.2, 0.25) is 0 Å². The van der Waals surface area contributed by atoms with E-state index in [1.165, 1.54) is 31.4 Å². The van der Waals surface area contributed by atoms with Gasteiger partial charge in [0, 0.05) is 32.4 Å². The van der Waals surface area contributed by atoms with Crippen LogP contribution in [0.15, 0.2) is 23.3 Å². The van der Waals surface area contributed by atoms with Gasteiger partial charge < -0.3 is 10.6 Å². The summed E-state index contributed by atoms with van der Waals surface area (Å²) in [5, 5.41) is 7.36. The lowest BCUT2D eigenvalue weighted by Gasteiger charge is -2.35. The van der Waals surface area contributed by atoms with E-state index in [1.54, 1.807) is 0 Å². The van der Waals surface area contributed by atoms with Crippen molar-refractivity contribution in [2.75, 3.05) is 33.2 Å². The molecule has 0 aromatic carbocycles. The van der Waals surface area contributed by atoms with Gasteiger partial charge in [-0.3, -0.25) is 9.89 Å². The summed E-state index contributed by atoms with van der Waals surface area (Å²) in [7, 11) is 1.82. The second-order valence-electron chi connectivity index (χ2n) is 5.90. The second kappa shape index (κ2) is 9.73. The maximum absolute atomic E-state index is 5.80. The first-order chi connectivity index (χ1) is 11.2. The van der Waals surface area contributed by atoms with Crippen LogP contribution < -0.4 is 10.6 Å². The van der Waals surface area contributed by atoms with E-state index in [0.29, 0.717) is 11.2 Å². The lowest BCUT2D eigenvalue weighted by atomic mass is 10.0. The van der Waals surface area contributed by atoms with Gasteiger partial charge in [0.25, 0.3) is 0 Å². The molecule has 0 radical (unpaired) electrons. The molecule has 1 aromatic rings. The summed E-state index contributed by atoms with van der Waals surface area (Å²) in [6.45, 7) is 6.37. The van der Waals surface area contributed by atoms with Crippen LogP contribution in [0.1, 0.15) is 31.7 Å². The number of pyridine rings is 1.